The fourth-order valence-corrected chi connectivity index (χ4v) is 3.29. The van der Waals surface area contributed by atoms with E-state index in [9.17, 15) is 4.39 Å². The Kier molecular flexibility index (Phi) is 2.63. The molecule has 1 saturated heterocycles. The molecule has 0 amide bonds. The molecule has 1 aromatic carbocycles. The van der Waals surface area contributed by atoms with Gasteiger partial charge in [-0.2, -0.15) is 0 Å². The number of aromatic nitrogens is 2. The predicted octanol–water partition coefficient (Wildman–Crippen LogP) is 2.73. The van der Waals surface area contributed by atoms with Crippen molar-refractivity contribution in [2.24, 2.45) is 5.41 Å². The first kappa shape index (κ1) is 12.0. The van der Waals surface area contributed by atoms with Crippen LogP contribution in [0.4, 0.5) is 4.39 Å². The van der Waals surface area contributed by atoms with E-state index in [0.29, 0.717) is 28.7 Å². The maximum atomic E-state index is 13.2. The fraction of sp³-hybridized carbons (Fsp3) is 0.467. The molecule has 4 nitrogen and oxygen atoms in total. The van der Waals surface area contributed by atoms with E-state index >= 15 is 0 Å². The van der Waals surface area contributed by atoms with E-state index in [-0.39, 0.29) is 5.82 Å². The molecule has 4 rings (SSSR count). The van der Waals surface area contributed by atoms with Gasteiger partial charge < -0.3 is 9.73 Å². The van der Waals surface area contributed by atoms with Gasteiger partial charge in [-0.05, 0) is 56.0 Å². The Balaban J connectivity index is 1.57. The van der Waals surface area contributed by atoms with Gasteiger partial charge in [0.1, 0.15) is 5.82 Å². The van der Waals surface area contributed by atoms with Crippen molar-refractivity contribution in [3.8, 4) is 11.5 Å². The molecule has 0 radical (unpaired) electrons. The molecule has 0 bridgehead atoms. The summed E-state index contributed by atoms with van der Waals surface area (Å²) in [6.07, 6.45) is 3.49. The third kappa shape index (κ3) is 1.93. The number of rotatable bonds is 2. The summed E-state index contributed by atoms with van der Waals surface area (Å²) in [6, 6.07) is 6.27. The Bertz CT molecular complexity index is 634. The fourth-order valence-electron chi connectivity index (χ4n) is 3.29. The molecule has 2 aliphatic rings. The standard InChI is InChI=1S/C15H16FN3O/c16-11-3-1-2-10(8-11)13-18-19-14(20-13)12-9-15(12)4-6-17-7-5-15/h1-3,8,12,17H,4-7,9H2/t12-/m1/s1. The van der Waals surface area contributed by atoms with Crippen LogP contribution in [-0.2, 0) is 0 Å². The van der Waals surface area contributed by atoms with E-state index in [2.05, 4.69) is 15.5 Å². The number of benzene rings is 1. The van der Waals surface area contributed by atoms with Crippen molar-refractivity contribution in [1.82, 2.24) is 15.5 Å². The van der Waals surface area contributed by atoms with Crippen LogP contribution in [0.15, 0.2) is 28.7 Å². The first-order chi connectivity index (χ1) is 9.77. The second kappa shape index (κ2) is 4.38. The maximum absolute atomic E-state index is 13.2. The van der Waals surface area contributed by atoms with Gasteiger partial charge in [-0.3, -0.25) is 0 Å². The van der Waals surface area contributed by atoms with Gasteiger partial charge in [0.25, 0.3) is 0 Å². The lowest BCUT2D eigenvalue weighted by Gasteiger charge is -2.22. The first-order valence-corrected chi connectivity index (χ1v) is 7.07. The number of hydrogen-bond donors (Lipinski definition) is 1. The molecule has 104 valence electrons. The van der Waals surface area contributed by atoms with Crippen LogP contribution >= 0.6 is 0 Å². The topological polar surface area (TPSA) is 51.0 Å². The summed E-state index contributed by atoms with van der Waals surface area (Å²) in [7, 11) is 0. The Hall–Kier alpha value is -1.75. The highest BCUT2D eigenvalue weighted by molar-refractivity contribution is 5.52. The zero-order valence-electron chi connectivity index (χ0n) is 11.1. The minimum absolute atomic E-state index is 0.288. The van der Waals surface area contributed by atoms with Crippen LogP contribution in [-0.4, -0.2) is 23.3 Å². The highest BCUT2D eigenvalue weighted by Gasteiger charge is 2.57. The molecule has 5 heteroatoms. The summed E-state index contributed by atoms with van der Waals surface area (Å²) in [5, 5.41) is 11.6. The molecule has 1 atom stereocenters. The molecule has 1 aliphatic carbocycles. The van der Waals surface area contributed by atoms with E-state index in [4.69, 9.17) is 4.42 Å². The second-order valence-corrected chi connectivity index (χ2v) is 5.82. The van der Waals surface area contributed by atoms with Crippen molar-refractivity contribution in [3.63, 3.8) is 0 Å². The minimum atomic E-state index is -0.288. The van der Waals surface area contributed by atoms with Crippen LogP contribution in [0.3, 0.4) is 0 Å². The highest BCUT2D eigenvalue weighted by atomic mass is 19.1. The SMILES string of the molecule is Fc1cccc(-c2nnc([C@H]3CC34CCNCC4)o2)c1. The minimum Gasteiger partial charge on any atom is -0.420 e. The van der Waals surface area contributed by atoms with Gasteiger partial charge in [0, 0.05) is 11.5 Å². The van der Waals surface area contributed by atoms with Gasteiger partial charge in [-0.25, -0.2) is 4.39 Å². The van der Waals surface area contributed by atoms with Gasteiger partial charge in [0.2, 0.25) is 11.8 Å². The third-order valence-electron chi connectivity index (χ3n) is 4.60. The summed E-state index contributed by atoms with van der Waals surface area (Å²) >= 11 is 0. The van der Waals surface area contributed by atoms with Crippen molar-refractivity contribution in [2.75, 3.05) is 13.1 Å². The van der Waals surface area contributed by atoms with Gasteiger partial charge >= 0.3 is 0 Å². The third-order valence-corrected chi connectivity index (χ3v) is 4.60. The predicted molar refractivity (Wildman–Crippen MR) is 71.6 cm³/mol. The quantitative estimate of drug-likeness (QED) is 0.914. The van der Waals surface area contributed by atoms with Crippen molar-refractivity contribution in [3.05, 3.63) is 36.0 Å². The molecular weight excluding hydrogens is 257 g/mol. The molecule has 1 aliphatic heterocycles. The average molecular weight is 273 g/mol. The second-order valence-electron chi connectivity index (χ2n) is 5.82. The Morgan fingerprint density at radius 1 is 1.25 bits per heavy atom. The van der Waals surface area contributed by atoms with E-state index in [1.54, 1.807) is 12.1 Å². The number of nitrogens with one attached hydrogen (secondary N) is 1. The molecule has 1 spiro atoms. The van der Waals surface area contributed by atoms with Crippen molar-refractivity contribution < 1.29 is 8.81 Å². The summed E-state index contributed by atoms with van der Waals surface area (Å²) in [4.78, 5) is 0. The summed E-state index contributed by atoms with van der Waals surface area (Å²) in [5.41, 5.74) is 1.01. The molecule has 2 fully saturated rings. The lowest BCUT2D eigenvalue weighted by molar-refractivity contribution is 0.328. The molecule has 2 heterocycles. The molecule has 1 aromatic heterocycles. The highest BCUT2D eigenvalue weighted by Crippen LogP contribution is 2.63. The average Bonchev–Trinajstić information content (AvgIpc) is 2.95. The lowest BCUT2D eigenvalue weighted by atomic mass is 9.92. The van der Waals surface area contributed by atoms with Crippen LogP contribution < -0.4 is 5.32 Å². The normalized spacial score (nSPS) is 23.9. The van der Waals surface area contributed by atoms with Crippen LogP contribution in [0, 0.1) is 11.2 Å². The monoisotopic (exact) mass is 273 g/mol. The van der Waals surface area contributed by atoms with Gasteiger partial charge in [0.15, 0.2) is 0 Å². The van der Waals surface area contributed by atoms with Gasteiger partial charge in [0.05, 0.1) is 0 Å². The number of nitrogens with zero attached hydrogens (tertiary/aromatic N) is 2. The summed E-state index contributed by atoms with van der Waals surface area (Å²) in [6.45, 7) is 2.14. The van der Waals surface area contributed by atoms with E-state index in [1.165, 1.54) is 25.0 Å². The van der Waals surface area contributed by atoms with Crippen LogP contribution in [0.1, 0.15) is 31.1 Å². The Morgan fingerprint density at radius 2 is 2.10 bits per heavy atom. The van der Waals surface area contributed by atoms with E-state index in [1.807, 2.05) is 0 Å². The van der Waals surface area contributed by atoms with Crippen molar-refractivity contribution in [2.45, 2.75) is 25.2 Å². The number of halogens is 1. The van der Waals surface area contributed by atoms with Crippen LogP contribution in [0.2, 0.25) is 0 Å². The van der Waals surface area contributed by atoms with Crippen molar-refractivity contribution >= 4 is 0 Å². The van der Waals surface area contributed by atoms with Crippen LogP contribution in [0.5, 0.6) is 0 Å². The molecule has 0 unspecified atom stereocenters. The maximum Gasteiger partial charge on any atom is 0.247 e. The van der Waals surface area contributed by atoms with Crippen LogP contribution in [0.25, 0.3) is 11.5 Å². The lowest BCUT2D eigenvalue weighted by Crippen LogP contribution is -2.29. The largest absolute Gasteiger partial charge is 0.420 e. The van der Waals surface area contributed by atoms with E-state index in [0.717, 1.165) is 19.5 Å². The van der Waals surface area contributed by atoms with Gasteiger partial charge in [-0.1, -0.05) is 6.07 Å². The molecule has 1 saturated carbocycles. The molecule has 1 N–H and O–H groups in total. The zero-order valence-corrected chi connectivity index (χ0v) is 11.1. The number of hydrogen-bond acceptors (Lipinski definition) is 4. The molecule has 20 heavy (non-hydrogen) atoms. The van der Waals surface area contributed by atoms with Crippen molar-refractivity contribution in [1.29, 1.82) is 0 Å². The number of piperidine rings is 1. The zero-order chi connectivity index (χ0) is 13.6. The Labute approximate surface area is 116 Å². The summed E-state index contributed by atoms with van der Waals surface area (Å²) in [5.74, 6) is 1.23. The van der Waals surface area contributed by atoms with E-state index < -0.39 is 0 Å². The first-order valence-electron chi connectivity index (χ1n) is 7.07. The molecule has 2 aromatic rings. The summed E-state index contributed by atoms with van der Waals surface area (Å²) < 4.78 is 19.0. The Morgan fingerprint density at radius 3 is 2.90 bits per heavy atom. The smallest absolute Gasteiger partial charge is 0.247 e. The van der Waals surface area contributed by atoms with Gasteiger partial charge in [-0.15, -0.1) is 10.2 Å². The molecular formula is C15H16FN3O.